The van der Waals surface area contributed by atoms with E-state index in [0.717, 1.165) is 5.75 Å². The van der Waals surface area contributed by atoms with Crippen molar-refractivity contribution >= 4 is 105 Å². The van der Waals surface area contributed by atoms with Gasteiger partial charge in [-0.1, -0.05) is 147 Å². The first-order valence-electron chi connectivity index (χ1n) is 37.0. The van der Waals surface area contributed by atoms with Crippen LogP contribution < -0.4 is 57.9 Å². The van der Waals surface area contributed by atoms with Crippen LogP contribution in [0.3, 0.4) is 0 Å². The zero-order valence-electron chi connectivity index (χ0n) is 66.2. The molecule has 12 N–H and O–H groups in total. The number of carboxylic acid groups (broad SMARTS) is 1. The second-order valence-corrected chi connectivity index (χ2v) is 32.6. The van der Waals surface area contributed by atoms with Crippen molar-refractivity contribution < 1.29 is 101 Å². The first kappa shape index (κ1) is 97.6. The minimum Gasteiger partial charge on any atom is -0.493 e. The summed E-state index contributed by atoms with van der Waals surface area (Å²) < 4.78 is 39.9. The average molecular weight is 1600 g/mol. The van der Waals surface area contributed by atoms with Crippen LogP contribution in [0.25, 0.3) is 0 Å². The fourth-order valence-electron chi connectivity index (χ4n) is 9.68. The summed E-state index contributed by atoms with van der Waals surface area (Å²) in [5, 5.41) is 46.8. The van der Waals surface area contributed by atoms with Crippen molar-refractivity contribution in [2.24, 2.45) is 29.6 Å². The van der Waals surface area contributed by atoms with Crippen LogP contribution >= 0.6 is 33.3 Å². The molecule has 2 aromatic carbocycles. The van der Waals surface area contributed by atoms with E-state index in [2.05, 4.69) is 53.2 Å². The second kappa shape index (κ2) is 53.4. The smallest absolute Gasteiger partial charge is 0.408 e. The quantitative estimate of drug-likeness (QED) is 0.0253. The first-order chi connectivity index (χ1) is 51.5. The van der Waals surface area contributed by atoms with Gasteiger partial charge in [-0.15, -0.1) is 0 Å². The SMILES string of the molecule is CCSSC[C@H](NC(=O)OC(C)(C)C)C(=O)NCCOCCOCC(=O)N[C@@H](Cc1ccc(OCC(C)C)cc1)C(=O)N[C@@H](COCC(C)C)C(=O)N[C@H](C(=O)N[C@@H](CO)C(=O)N[C@@H](CC(=O)OCC(C)C)C(=O)N[C@@H](Cc1ccccc1)C(=O)N[C@H](C(=O)N[C@@H](CCSC)C(=O)O)C(C)CC)C(C)OCC(C)C. The number of hydrogen-bond acceptors (Lipinski definition) is 23. The largest absolute Gasteiger partial charge is 0.493 e. The molecule has 31 nitrogen and oxygen atoms in total. The molecule has 0 fully saturated rings. The molecule has 2 aromatic rings. The molecule has 0 aliphatic carbocycles. The number of benzene rings is 2. The minimum atomic E-state index is -1.91. The van der Waals surface area contributed by atoms with E-state index >= 15 is 0 Å². The van der Waals surface area contributed by atoms with Crippen LogP contribution in [0.15, 0.2) is 54.6 Å². The molecule has 0 bridgehead atoms. The lowest BCUT2D eigenvalue weighted by Gasteiger charge is -2.30. The molecule has 109 heavy (non-hydrogen) atoms. The standard InChI is InChI=1S/C75H122N10O21S3/c1-17-49(11)63(71(95)78-54(73(97)98)28-33-107-16)84-68(92)56(34-51-22-20-19-21-23-51)79-67(91)57(36-62(88)105-41-48(9)10)80-69(93)58(37-86)81-72(96)64(50(12)103-39-46(5)6)85-70(94)59(42-102-38-45(3)4)82-66(90)55(35-52-24-26-53(27-25-52)104-40-47(7)8)77-61(87)43-101-32-31-100-30-29-76-65(89)60(44-109-108-18-2)83-74(99)106-75(13,14)15/h19-27,45-50,54-60,63-64,86H,17-18,28-44H2,1-16H3,(H,76,89)(H,77,87)(H,78,95)(H,79,91)(H,80,93)(H,81,96)(H,82,90)(H,83,99)(H,84,92)(H,85,94)(H,97,98)/t49?,50?,54-,55-,56-,57-,58-,59-,60-,63-,64-/m0/s1. The van der Waals surface area contributed by atoms with Gasteiger partial charge in [0.25, 0.3) is 0 Å². The molecule has 2 rings (SSSR count). The molecule has 11 atom stereocenters. The number of amides is 10. The van der Waals surface area contributed by atoms with Crippen LogP contribution in [-0.4, -0.2) is 244 Å². The van der Waals surface area contributed by atoms with E-state index in [1.807, 2.05) is 48.5 Å². The molecule has 0 heterocycles. The van der Waals surface area contributed by atoms with Gasteiger partial charge in [0.2, 0.25) is 53.2 Å². The van der Waals surface area contributed by atoms with Gasteiger partial charge in [0.1, 0.15) is 72.3 Å². The van der Waals surface area contributed by atoms with E-state index in [4.69, 9.17) is 33.2 Å². The number of aliphatic carboxylic acids is 1. The molecule has 0 radical (unpaired) electrons. The fraction of sp³-hybridized carbons (Fsp3) is 0.680. The number of carboxylic acids is 1. The number of esters is 1. The number of ether oxygens (including phenoxy) is 7. The maximum Gasteiger partial charge on any atom is 0.408 e. The van der Waals surface area contributed by atoms with Crippen LogP contribution in [0.4, 0.5) is 4.79 Å². The predicted molar refractivity (Wildman–Crippen MR) is 418 cm³/mol. The molecule has 0 aliphatic heterocycles. The summed E-state index contributed by atoms with van der Waals surface area (Å²) in [4.78, 5) is 167. The number of nitrogens with one attached hydrogen (secondary N) is 10. The molecule has 0 spiro atoms. The molecule has 616 valence electrons. The Morgan fingerprint density at radius 1 is 0.505 bits per heavy atom. The maximum atomic E-state index is 14.8. The zero-order chi connectivity index (χ0) is 81.8. The van der Waals surface area contributed by atoms with E-state index in [9.17, 15) is 67.7 Å². The topological polar surface area (TPSA) is 430 Å². The summed E-state index contributed by atoms with van der Waals surface area (Å²) >= 11 is 1.38. The van der Waals surface area contributed by atoms with Crippen molar-refractivity contribution in [1.29, 1.82) is 0 Å². The number of alkyl carbamates (subject to hydrolysis) is 1. The lowest BCUT2D eigenvalue weighted by Crippen LogP contribution is -2.63. The number of aliphatic hydroxyl groups is 1. The van der Waals surface area contributed by atoms with Gasteiger partial charge in [-0.05, 0) is 99.0 Å². The molecule has 34 heteroatoms. The summed E-state index contributed by atoms with van der Waals surface area (Å²) in [6.07, 6.45) is -0.817. The first-order valence-corrected chi connectivity index (χ1v) is 40.9. The minimum absolute atomic E-state index is 0.00237. The van der Waals surface area contributed by atoms with Crippen molar-refractivity contribution in [2.75, 3.05) is 96.1 Å². The van der Waals surface area contributed by atoms with Crippen LogP contribution in [-0.2, 0) is 94.0 Å². The Morgan fingerprint density at radius 2 is 1.04 bits per heavy atom. The van der Waals surface area contributed by atoms with E-state index in [0.29, 0.717) is 35.7 Å². The van der Waals surface area contributed by atoms with Gasteiger partial charge in [-0.3, -0.25) is 47.9 Å². The molecular weight excluding hydrogens is 1470 g/mol. The number of carbonyl (C=O) groups is 12. The average Bonchev–Trinajstić information content (AvgIpc) is 0.845. The van der Waals surface area contributed by atoms with Gasteiger partial charge in [0.05, 0.1) is 58.8 Å². The molecule has 2 unspecified atom stereocenters. The third kappa shape index (κ3) is 41.9. The van der Waals surface area contributed by atoms with Gasteiger partial charge in [-0.2, -0.15) is 11.8 Å². The predicted octanol–water partition coefficient (Wildman–Crippen LogP) is 4.03. The zero-order valence-corrected chi connectivity index (χ0v) is 68.6. The highest BCUT2D eigenvalue weighted by molar-refractivity contribution is 8.76. The lowest BCUT2D eigenvalue weighted by atomic mass is 9.96. The summed E-state index contributed by atoms with van der Waals surface area (Å²) in [5.41, 5.74) is 0.347. The Morgan fingerprint density at radius 3 is 1.62 bits per heavy atom. The fourth-order valence-corrected chi connectivity index (χ4v) is 12.0. The van der Waals surface area contributed by atoms with Crippen LogP contribution in [0.2, 0.25) is 0 Å². The highest BCUT2D eigenvalue weighted by Crippen LogP contribution is 2.22. The summed E-state index contributed by atoms with van der Waals surface area (Å²) in [7, 11) is 2.96. The summed E-state index contributed by atoms with van der Waals surface area (Å²) in [6, 6.07) is 1.93. The van der Waals surface area contributed by atoms with Crippen molar-refractivity contribution in [1.82, 2.24) is 53.2 Å². The van der Waals surface area contributed by atoms with Gasteiger partial charge in [0.15, 0.2) is 0 Å². The van der Waals surface area contributed by atoms with Crippen LogP contribution in [0.1, 0.15) is 134 Å². The van der Waals surface area contributed by atoms with E-state index in [-0.39, 0.29) is 94.9 Å². The number of hydrogen-bond donors (Lipinski definition) is 12. The molecular formula is C75H122N10O21S3. The van der Waals surface area contributed by atoms with Crippen molar-refractivity contribution in [3.8, 4) is 5.75 Å². The van der Waals surface area contributed by atoms with Gasteiger partial charge < -0.3 is 96.5 Å². The van der Waals surface area contributed by atoms with Gasteiger partial charge in [-0.25, -0.2) is 9.59 Å². The Hall–Kier alpha value is -7.47. The van der Waals surface area contributed by atoms with Crippen molar-refractivity contribution in [2.45, 2.75) is 202 Å². The third-order valence-electron chi connectivity index (χ3n) is 15.6. The van der Waals surface area contributed by atoms with Crippen LogP contribution in [0, 0.1) is 29.6 Å². The normalized spacial score (nSPS) is 14.5. The second-order valence-electron chi connectivity index (χ2n) is 28.8. The highest BCUT2D eigenvalue weighted by atomic mass is 33.1. The lowest BCUT2D eigenvalue weighted by molar-refractivity contribution is -0.147. The summed E-state index contributed by atoms with van der Waals surface area (Å²) in [6.45, 7) is 25.4. The number of rotatable bonds is 55. The van der Waals surface area contributed by atoms with E-state index < -0.39 is 169 Å². The van der Waals surface area contributed by atoms with E-state index in [1.165, 1.54) is 40.3 Å². The molecule has 0 aliphatic rings. The van der Waals surface area contributed by atoms with E-state index in [1.54, 1.807) is 109 Å². The number of thioether (sulfide) groups is 1. The summed E-state index contributed by atoms with van der Waals surface area (Å²) in [5.74, 6) is -8.91. The third-order valence-corrected chi connectivity index (χ3v) is 18.8. The monoisotopic (exact) mass is 1590 g/mol. The van der Waals surface area contributed by atoms with Crippen molar-refractivity contribution in [3.05, 3.63) is 65.7 Å². The Kier molecular flexibility index (Phi) is 47.8. The van der Waals surface area contributed by atoms with Crippen LogP contribution in [0.5, 0.6) is 5.75 Å². The Bertz CT molecular complexity index is 3120. The molecule has 0 aromatic heterocycles. The maximum absolute atomic E-state index is 14.8. The Balaban J connectivity index is 2.53. The number of carbonyl (C=O) groups excluding carboxylic acids is 11. The van der Waals surface area contributed by atoms with Gasteiger partial charge >= 0.3 is 18.0 Å². The molecule has 0 saturated heterocycles. The van der Waals surface area contributed by atoms with Gasteiger partial charge in [0, 0.05) is 44.1 Å². The number of aliphatic hydroxyl groups excluding tert-OH is 1. The van der Waals surface area contributed by atoms with Crippen molar-refractivity contribution in [3.63, 3.8) is 0 Å². The highest BCUT2D eigenvalue weighted by Gasteiger charge is 2.39. The molecule has 0 saturated carbocycles. The molecule has 10 amide bonds. The Labute approximate surface area is 654 Å².